The zero-order chi connectivity index (χ0) is 14.5. The van der Waals surface area contributed by atoms with Crippen molar-refractivity contribution >= 4 is 15.9 Å². The number of aliphatic hydroxyl groups excluding tert-OH is 1. The molecule has 1 atom stereocenters. The Labute approximate surface area is 127 Å². The van der Waals surface area contributed by atoms with E-state index in [4.69, 9.17) is 0 Å². The van der Waals surface area contributed by atoms with Gasteiger partial charge >= 0.3 is 0 Å². The van der Waals surface area contributed by atoms with Crippen molar-refractivity contribution in [3.05, 3.63) is 69.4 Å². The smallest absolute Gasteiger partial charge is 0.124 e. The van der Waals surface area contributed by atoms with E-state index in [-0.39, 0.29) is 5.82 Å². The summed E-state index contributed by atoms with van der Waals surface area (Å²) in [5.41, 5.74) is 2.77. The summed E-state index contributed by atoms with van der Waals surface area (Å²) in [6, 6.07) is 12.3. The first kappa shape index (κ1) is 15.2. The van der Waals surface area contributed by atoms with E-state index in [2.05, 4.69) is 22.9 Å². The van der Waals surface area contributed by atoms with Gasteiger partial charge in [0.25, 0.3) is 0 Å². The largest absolute Gasteiger partial charge is 0.384 e. The van der Waals surface area contributed by atoms with Crippen LogP contribution >= 0.6 is 15.9 Å². The van der Waals surface area contributed by atoms with E-state index in [1.165, 1.54) is 30.5 Å². The van der Waals surface area contributed by atoms with Gasteiger partial charge in [0.2, 0.25) is 0 Å². The van der Waals surface area contributed by atoms with E-state index in [9.17, 15) is 9.50 Å². The molecule has 2 aromatic rings. The fourth-order valence-corrected chi connectivity index (χ4v) is 2.72. The lowest BCUT2D eigenvalue weighted by Gasteiger charge is -2.14. The lowest BCUT2D eigenvalue weighted by atomic mass is 9.99. The Morgan fingerprint density at radius 1 is 1.15 bits per heavy atom. The Hall–Kier alpha value is -1.19. The second kappa shape index (κ2) is 7.00. The fourth-order valence-electron chi connectivity index (χ4n) is 2.15. The highest BCUT2D eigenvalue weighted by Gasteiger charge is 2.14. The number of unbranched alkanes of at least 4 members (excludes halogenated alkanes) is 1. The number of hydrogen-bond acceptors (Lipinski definition) is 1. The molecule has 0 bridgehead atoms. The van der Waals surface area contributed by atoms with Gasteiger partial charge in [-0.25, -0.2) is 4.39 Å². The zero-order valence-electron chi connectivity index (χ0n) is 11.4. The average Bonchev–Trinajstić information content (AvgIpc) is 2.45. The first-order chi connectivity index (χ1) is 9.61. The molecule has 0 saturated heterocycles. The van der Waals surface area contributed by atoms with Gasteiger partial charge in [0.15, 0.2) is 0 Å². The molecule has 0 aliphatic carbocycles. The molecule has 1 unspecified atom stereocenters. The normalized spacial score (nSPS) is 12.4. The maximum atomic E-state index is 13.1. The van der Waals surface area contributed by atoms with Crippen LogP contribution in [0.25, 0.3) is 0 Å². The Bertz CT molecular complexity index is 566. The van der Waals surface area contributed by atoms with Gasteiger partial charge in [-0.3, -0.25) is 0 Å². The standard InChI is InChI=1S/C17H18BrFO/c1-2-3-4-12-5-7-13(8-6-12)17(20)15-10-9-14(19)11-16(15)18/h5-11,17,20H,2-4H2,1H3. The van der Waals surface area contributed by atoms with Crippen LogP contribution in [0, 0.1) is 5.82 Å². The molecule has 0 heterocycles. The van der Waals surface area contributed by atoms with E-state index >= 15 is 0 Å². The SMILES string of the molecule is CCCCc1ccc(C(O)c2ccc(F)cc2Br)cc1. The first-order valence-corrected chi connectivity index (χ1v) is 7.63. The average molecular weight is 337 g/mol. The zero-order valence-corrected chi connectivity index (χ0v) is 13.0. The van der Waals surface area contributed by atoms with Crippen molar-refractivity contribution in [3.8, 4) is 0 Å². The quantitative estimate of drug-likeness (QED) is 0.813. The van der Waals surface area contributed by atoms with Crippen LogP contribution in [0.4, 0.5) is 4.39 Å². The molecule has 0 radical (unpaired) electrons. The van der Waals surface area contributed by atoms with Crippen molar-refractivity contribution in [3.63, 3.8) is 0 Å². The predicted octanol–water partition coefficient (Wildman–Crippen LogP) is 5.01. The minimum absolute atomic E-state index is 0.317. The summed E-state index contributed by atoms with van der Waals surface area (Å²) in [5, 5.41) is 10.4. The number of benzene rings is 2. The lowest BCUT2D eigenvalue weighted by molar-refractivity contribution is 0.219. The number of hydrogen-bond donors (Lipinski definition) is 1. The molecule has 0 aliphatic rings. The molecule has 2 rings (SSSR count). The van der Waals surface area contributed by atoms with Gasteiger partial charge in [0.1, 0.15) is 11.9 Å². The van der Waals surface area contributed by atoms with Gasteiger partial charge in [-0.1, -0.05) is 59.6 Å². The molecule has 0 saturated carbocycles. The molecule has 0 aliphatic heterocycles. The highest BCUT2D eigenvalue weighted by molar-refractivity contribution is 9.10. The lowest BCUT2D eigenvalue weighted by Crippen LogP contribution is -2.01. The Kier molecular flexibility index (Phi) is 5.32. The van der Waals surface area contributed by atoms with Gasteiger partial charge in [0, 0.05) is 4.47 Å². The summed E-state index contributed by atoms with van der Waals surface area (Å²) in [7, 11) is 0. The van der Waals surface area contributed by atoms with E-state index in [1.807, 2.05) is 24.3 Å². The van der Waals surface area contributed by atoms with Gasteiger partial charge in [0.05, 0.1) is 0 Å². The molecular weight excluding hydrogens is 319 g/mol. The molecule has 3 heteroatoms. The molecule has 0 amide bonds. The van der Waals surface area contributed by atoms with Crippen molar-refractivity contribution in [1.29, 1.82) is 0 Å². The Morgan fingerprint density at radius 3 is 2.45 bits per heavy atom. The van der Waals surface area contributed by atoms with Gasteiger partial charge in [-0.15, -0.1) is 0 Å². The topological polar surface area (TPSA) is 20.2 Å². The van der Waals surface area contributed by atoms with Gasteiger partial charge < -0.3 is 5.11 Å². The van der Waals surface area contributed by atoms with Crippen LogP contribution in [0.1, 0.15) is 42.6 Å². The minimum atomic E-state index is -0.745. The second-order valence-corrected chi connectivity index (χ2v) is 5.77. The minimum Gasteiger partial charge on any atom is -0.384 e. The highest BCUT2D eigenvalue weighted by Crippen LogP contribution is 2.29. The monoisotopic (exact) mass is 336 g/mol. The van der Waals surface area contributed by atoms with Crippen LogP contribution in [0.15, 0.2) is 46.9 Å². The van der Waals surface area contributed by atoms with Crippen molar-refractivity contribution in [2.75, 3.05) is 0 Å². The fraction of sp³-hybridized carbons (Fsp3) is 0.294. The Morgan fingerprint density at radius 2 is 1.85 bits per heavy atom. The molecule has 1 N–H and O–H groups in total. The molecular formula is C17H18BrFO. The maximum Gasteiger partial charge on any atom is 0.124 e. The van der Waals surface area contributed by atoms with Crippen molar-refractivity contribution in [1.82, 2.24) is 0 Å². The van der Waals surface area contributed by atoms with Gasteiger partial charge in [-0.2, -0.15) is 0 Å². The molecule has 0 aromatic heterocycles. The number of aryl methyl sites for hydroxylation is 1. The van der Waals surface area contributed by atoms with Crippen LogP contribution < -0.4 is 0 Å². The predicted molar refractivity (Wildman–Crippen MR) is 83.2 cm³/mol. The Balaban J connectivity index is 2.18. The maximum absolute atomic E-state index is 13.1. The molecule has 2 aromatic carbocycles. The summed E-state index contributed by atoms with van der Waals surface area (Å²) in [5.74, 6) is -0.317. The third-order valence-corrected chi connectivity index (χ3v) is 4.06. The number of halogens is 2. The van der Waals surface area contributed by atoms with Crippen molar-refractivity contribution in [2.45, 2.75) is 32.3 Å². The summed E-state index contributed by atoms with van der Waals surface area (Å²) in [6.07, 6.45) is 2.66. The van der Waals surface area contributed by atoms with Crippen molar-refractivity contribution in [2.24, 2.45) is 0 Å². The molecule has 0 spiro atoms. The number of aliphatic hydroxyl groups is 1. The van der Waals surface area contributed by atoms with Crippen LogP contribution in [0.3, 0.4) is 0 Å². The van der Waals surface area contributed by atoms with E-state index < -0.39 is 6.10 Å². The number of rotatable bonds is 5. The van der Waals surface area contributed by atoms with Crippen LogP contribution in [0.5, 0.6) is 0 Å². The molecule has 0 fully saturated rings. The summed E-state index contributed by atoms with van der Waals surface area (Å²) < 4.78 is 13.7. The molecule has 106 valence electrons. The van der Waals surface area contributed by atoms with E-state index in [0.29, 0.717) is 10.0 Å². The summed E-state index contributed by atoms with van der Waals surface area (Å²) in [6.45, 7) is 2.17. The summed E-state index contributed by atoms with van der Waals surface area (Å²) in [4.78, 5) is 0. The summed E-state index contributed by atoms with van der Waals surface area (Å²) >= 11 is 3.29. The highest BCUT2D eigenvalue weighted by atomic mass is 79.9. The van der Waals surface area contributed by atoms with Crippen molar-refractivity contribution < 1.29 is 9.50 Å². The molecule has 1 nitrogen and oxygen atoms in total. The third-order valence-electron chi connectivity index (χ3n) is 3.37. The third kappa shape index (κ3) is 3.68. The molecule has 20 heavy (non-hydrogen) atoms. The second-order valence-electron chi connectivity index (χ2n) is 4.91. The van der Waals surface area contributed by atoms with E-state index in [1.54, 1.807) is 6.07 Å². The van der Waals surface area contributed by atoms with Gasteiger partial charge in [-0.05, 0) is 41.7 Å². The van der Waals surface area contributed by atoms with Crippen LogP contribution in [-0.2, 0) is 6.42 Å². The first-order valence-electron chi connectivity index (χ1n) is 6.83. The van der Waals surface area contributed by atoms with Crippen LogP contribution in [0.2, 0.25) is 0 Å². The van der Waals surface area contributed by atoms with Crippen LogP contribution in [-0.4, -0.2) is 5.11 Å². The van der Waals surface area contributed by atoms with E-state index in [0.717, 1.165) is 12.0 Å².